The van der Waals surface area contributed by atoms with E-state index in [0.29, 0.717) is 17.1 Å². The zero-order valence-electron chi connectivity index (χ0n) is 13.9. The van der Waals surface area contributed by atoms with Gasteiger partial charge in [0.15, 0.2) is 5.82 Å². The summed E-state index contributed by atoms with van der Waals surface area (Å²) in [6.07, 6.45) is 1.34. The molecule has 0 fully saturated rings. The van der Waals surface area contributed by atoms with Crippen LogP contribution < -0.4 is 10.1 Å². The van der Waals surface area contributed by atoms with E-state index >= 15 is 0 Å². The number of nitrogens with zero attached hydrogens (tertiary/aromatic N) is 2. The highest BCUT2D eigenvalue weighted by atomic mass is 32.1. The van der Waals surface area contributed by atoms with E-state index in [1.54, 1.807) is 6.07 Å². The summed E-state index contributed by atoms with van der Waals surface area (Å²) in [4.78, 5) is 27.4. The van der Waals surface area contributed by atoms with Crippen molar-refractivity contribution in [1.82, 2.24) is 9.36 Å². The van der Waals surface area contributed by atoms with Crippen molar-refractivity contribution in [2.75, 3.05) is 5.32 Å². The van der Waals surface area contributed by atoms with Crippen LogP contribution in [0.2, 0.25) is 0 Å². The van der Waals surface area contributed by atoms with Gasteiger partial charge in [0.2, 0.25) is 5.13 Å². The predicted octanol–water partition coefficient (Wildman–Crippen LogP) is 3.78. The second kappa shape index (κ2) is 8.04. The van der Waals surface area contributed by atoms with Crippen LogP contribution in [-0.4, -0.2) is 27.7 Å². The SMILES string of the molecule is CC(=O)Cc1nsc(NC(=O)c2coc(-c3cccc(OC(F)F)c3)c2)n1. The zero-order chi connectivity index (χ0) is 19.4. The molecule has 3 rings (SSSR count). The molecular formula is C17H13F2N3O4S. The summed E-state index contributed by atoms with van der Waals surface area (Å²) in [5.41, 5.74) is 0.695. The topological polar surface area (TPSA) is 94.3 Å². The van der Waals surface area contributed by atoms with E-state index in [2.05, 4.69) is 19.4 Å². The van der Waals surface area contributed by atoms with Gasteiger partial charge in [-0.1, -0.05) is 12.1 Å². The van der Waals surface area contributed by atoms with Crippen LogP contribution in [0.15, 0.2) is 41.0 Å². The summed E-state index contributed by atoms with van der Waals surface area (Å²) in [5.74, 6) is 0.0800. The summed E-state index contributed by atoms with van der Waals surface area (Å²) in [7, 11) is 0. The number of rotatable bonds is 7. The molecule has 0 saturated carbocycles. The van der Waals surface area contributed by atoms with Crippen LogP contribution in [0.5, 0.6) is 5.75 Å². The first-order valence-electron chi connectivity index (χ1n) is 7.68. The molecule has 3 aromatic rings. The molecule has 0 saturated heterocycles. The fourth-order valence-corrected chi connectivity index (χ4v) is 2.78. The van der Waals surface area contributed by atoms with E-state index in [0.717, 1.165) is 11.5 Å². The fourth-order valence-electron chi connectivity index (χ4n) is 2.20. The molecule has 0 atom stereocenters. The quantitative estimate of drug-likeness (QED) is 0.656. The molecule has 0 aliphatic carbocycles. The maximum atomic E-state index is 12.3. The number of alkyl halides is 2. The second-order valence-electron chi connectivity index (χ2n) is 5.45. The number of carbonyl (C=O) groups excluding carboxylic acids is 2. The van der Waals surface area contributed by atoms with Crippen molar-refractivity contribution < 1.29 is 27.5 Å². The molecule has 0 unspecified atom stereocenters. The molecule has 1 amide bonds. The minimum Gasteiger partial charge on any atom is -0.464 e. The number of benzene rings is 1. The second-order valence-corrected chi connectivity index (χ2v) is 6.21. The van der Waals surface area contributed by atoms with Gasteiger partial charge in [-0.3, -0.25) is 14.9 Å². The summed E-state index contributed by atoms with van der Waals surface area (Å²) in [5, 5.41) is 2.82. The molecule has 0 aliphatic heterocycles. The minimum atomic E-state index is -2.93. The Bertz CT molecular complexity index is 971. The third-order valence-corrected chi connectivity index (χ3v) is 3.97. The number of anilines is 1. The van der Waals surface area contributed by atoms with E-state index in [9.17, 15) is 18.4 Å². The lowest BCUT2D eigenvalue weighted by Gasteiger charge is -2.05. The van der Waals surface area contributed by atoms with Crippen molar-refractivity contribution in [2.45, 2.75) is 20.0 Å². The number of halogens is 2. The lowest BCUT2D eigenvalue weighted by molar-refractivity contribution is -0.116. The highest BCUT2D eigenvalue weighted by molar-refractivity contribution is 7.09. The molecule has 10 heteroatoms. The van der Waals surface area contributed by atoms with Crippen molar-refractivity contribution in [2.24, 2.45) is 0 Å². The molecule has 1 aromatic carbocycles. The van der Waals surface area contributed by atoms with E-state index in [1.807, 2.05) is 0 Å². The third kappa shape index (κ3) is 4.94. The van der Waals surface area contributed by atoms with Crippen LogP contribution in [0.1, 0.15) is 23.1 Å². The standard InChI is InChI=1S/C17H13F2N3O4S/c1-9(23)5-14-20-17(27-22-14)21-15(24)11-7-13(25-8-11)10-3-2-4-12(6-10)26-16(18)19/h2-4,6-8,16H,5H2,1H3,(H,20,21,22,24). The number of furan rings is 1. The minimum absolute atomic E-state index is 0.0169. The number of hydrogen-bond donors (Lipinski definition) is 1. The Balaban J connectivity index is 1.70. The zero-order valence-corrected chi connectivity index (χ0v) is 14.8. The first kappa shape index (κ1) is 18.6. The Hall–Kier alpha value is -3.14. The average molecular weight is 393 g/mol. The van der Waals surface area contributed by atoms with Crippen LogP contribution in [0, 0.1) is 0 Å². The van der Waals surface area contributed by atoms with Crippen molar-refractivity contribution in [3.05, 3.63) is 48.0 Å². The number of amides is 1. The maximum Gasteiger partial charge on any atom is 0.387 e. The Kier molecular flexibility index (Phi) is 5.55. The van der Waals surface area contributed by atoms with Crippen LogP contribution in [0.3, 0.4) is 0 Å². The summed E-state index contributed by atoms with van der Waals surface area (Å²) >= 11 is 0.962. The Morgan fingerprint density at radius 3 is 2.89 bits per heavy atom. The molecule has 2 heterocycles. The Labute approximate surface area is 156 Å². The van der Waals surface area contributed by atoms with E-state index in [1.165, 1.54) is 37.5 Å². The highest BCUT2D eigenvalue weighted by Crippen LogP contribution is 2.27. The first-order valence-corrected chi connectivity index (χ1v) is 8.45. The van der Waals surface area contributed by atoms with Crippen molar-refractivity contribution in [1.29, 1.82) is 0 Å². The van der Waals surface area contributed by atoms with Gasteiger partial charge in [-0.15, -0.1) is 0 Å². The molecule has 2 aromatic heterocycles. The van der Waals surface area contributed by atoms with Crippen molar-refractivity contribution in [3.63, 3.8) is 0 Å². The smallest absolute Gasteiger partial charge is 0.387 e. The van der Waals surface area contributed by atoms with Crippen molar-refractivity contribution >= 4 is 28.4 Å². The van der Waals surface area contributed by atoms with Gasteiger partial charge < -0.3 is 9.15 Å². The lowest BCUT2D eigenvalue weighted by Crippen LogP contribution is -2.10. The van der Waals surface area contributed by atoms with Crippen LogP contribution >= 0.6 is 11.5 Å². The van der Waals surface area contributed by atoms with E-state index in [4.69, 9.17) is 4.42 Å². The normalized spacial score (nSPS) is 10.8. The molecule has 1 N–H and O–H groups in total. The molecule has 140 valence electrons. The molecular weight excluding hydrogens is 380 g/mol. The van der Waals surface area contributed by atoms with Gasteiger partial charge in [-0.05, 0) is 25.1 Å². The lowest BCUT2D eigenvalue weighted by atomic mass is 10.1. The van der Waals surface area contributed by atoms with E-state index < -0.39 is 12.5 Å². The third-order valence-electron chi connectivity index (χ3n) is 3.30. The van der Waals surface area contributed by atoms with Crippen LogP contribution in [0.4, 0.5) is 13.9 Å². The number of hydrogen-bond acceptors (Lipinski definition) is 7. The number of aromatic nitrogens is 2. The largest absolute Gasteiger partial charge is 0.464 e. The van der Waals surface area contributed by atoms with Gasteiger partial charge in [0.05, 0.1) is 12.0 Å². The summed E-state index contributed by atoms with van der Waals surface area (Å²) in [6, 6.07) is 7.41. The molecule has 0 aliphatic rings. The van der Waals surface area contributed by atoms with Crippen molar-refractivity contribution in [3.8, 4) is 17.1 Å². The number of Topliss-reactive ketones (excluding diaryl/α,β-unsaturated/α-hetero) is 1. The molecule has 27 heavy (non-hydrogen) atoms. The van der Waals surface area contributed by atoms with Gasteiger partial charge in [-0.25, -0.2) is 4.98 Å². The fraction of sp³-hybridized carbons (Fsp3) is 0.176. The van der Waals surface area contributed by atoms with Crippen LogP contribution in [-0.2, 0) is 11.2 Å². The van der Waals surface area contributed by atoms with Gasteiger partial charge in [0.1, 0.15) is 23.6 Å². The van der Waals surface area contributed by atoms with Gasteiger partial charge in [0, 0.05) is 17.1 Å². The average Bonchev–Trinajstić information content (AvgIpc) is 3.23. The van der Waals surface area contributed by atoms with Crippen LogP contribution in [0.25, 0.3) is 11.3 Å². The molecule has 0 radical (unpaired) electrons. The van der Waals surface area contributed by atoms with Gasteiger partial charge in [0.25, 0.3) is 5.91 Å². The Morgan fingerprint density at radius 1 is 1.33 bits per heavy atom. The maximum absolute atomic E-state index is 12.3. The number of nitrogens with one attached hydrogen (secondary N) is 1. The number of ketones is 1. The number of carbonyl (C=O) groups is 2. The summed E-state index contributed by atoms with van der Waals surface area (Å²) < 4.78 is 38.3. The van der Waals surface area contributed by atoms with E-state index in [-0.39, 0.29) is 28.6 Å². The van der Waals surface area contributed by atoms with Gasteiger partial charge >= 0.3 is 6.61 Å². The number of ether oxygens (including phenoxy) is 1. The summed E-state index contributed by atoms with van der Waals surface area (Å²) in [6.45, 7) is -1.51. The first-order chi connectivity index (χ1) is 12.9. The predicted molar refractivity (Wildman–Crippen MR) is 93.0 cm³/mol. The monoisotopic (exact) mass is 393 g/mol. The molecule has 7 nitrogen and oxygen atoms in total. The van der Waals surface area contributed by atoms with Gasteiger partial charge in [-0.2, -0.15) is 13.2 Å². The molecule has 0 bridgehead atoms. The Morgan fingerprint density at radius 2 is 2.15 bits per heavy atom. The molecule has 0 spiro atoms. The highest BCUT2D eigenvalue weighted by Gasteiger charge is 2.15.